The minimum absolute atomic E-state index is 0.0168. The minimum atomic E-state index is -1.10. The van der Waals surface area contributed by atoms with E-state index in [0.717, 1.165) is 6.07 Å². The molecule has 0 radical (unpaired) electrons. The molecule has 0 bridgehead atoms. The zero-order valence-electron chi connectivity index (χ0n) is 8.53. The molecule has 1 N–H and O–H groups in total. The first-order valence-corrected chi connectivity index (χ1v) is 4.68. The Morgan fingerprint density at radius 1 is 0.941 bits per heavy atom. The average Bonchev–Trinajstić information content (AvgIpc) is 2.57. The number of hydrogen-bond acceptors (Lipinski definition) is 0. The number of nitrogens with one attached hydrogen (secondary N) is 1. The van der Waals surface area contributed by atoms with Gasteiger partial charge in [0.25, 0.3) is 0 Å². The number of aromatic amines is 1. The lowest BCUT2D eigenvalue weighted by atomic mass is 10.1. The normalized spacial score (nSPS) is 10.6. The molecule has 1 nitrogen and oxygen atoms in total. The summed E-state index contributed by atoms with van der Waals surface area (Å²) < 4.78 is 52.7. The predicted octanol–water partition coefficient (Wildman–Crippen LogP) is 3.88. The molecule has 0 fully saturated rings. The van der Waals surface area contributed by atoms with E-state index >= 15 is 0 Å². The standard InChI is InChI=1S/C12H7F4N/c1-2-10-7(14)5-11(17-10)12-8(15)3-6(13)4-9(12)16/h2-5,17H,1H2. The Bertz CT molecular complexity index is 563. The fraction of sp³-hybridized carbons (Fsp3) is 0. The molecule has 0 aliphatic heterocycles. The molecule has 17 heavy (non-hydrogen) atoms. The Labute approximate surface area is 94.4 Å². The molecule has 1 aromatic heterocycles. The van der Waals surface area contributed by atoms with Gasteiger partial charge in [-0.1, -0.05) is 6.58 Å². The Hall–Kier alpha value is -2.04. The van der Waals surface area contributed by atoms with Crippen LogP contribution >= 0.6 is 0 Å². The lowest BCUT2D eigenvalue weighted by Crippen LogP contribution is -1.92. The van der Waals surface area contributed by atoms with Gasteiger partial charge in [-0.2, -0.15) is 0 Å². The Morgan fingerprint density at radius 3 is 2.00 bits per heavy atom. The summed E-state index contributed by atoms with van der Waals surface area (Å²) >= 11 is 0. The fourth-order valence-corrected chi connectivity index (χ4v) is 1.53. The molecule has 0 aliphatic rings. The molecule has 2 rings (SSSR count). The van der Waals surface area contributed by atoms with Crippen molar-refractivity contribution in [1.29, 1.82) is 0 Å². The van der Waals surface area contributed by atoms with Crippen LogP contribution in [0.1, 0.15) is 5.69 Å². The maximum Gasteiger partial charge on any atom is 0.148 e. The summed E-state index contributed by atoms with van der Waals surface area (Å²) in [5.74, 6) is -3.91. The van der Waals surface area contributed by atoms with E-state index in [1.807, 2.05) is 0 Å². The van der Waals surface area contributed by atoms with Crippen molar-refractivity contribution in [3.05, 3.63) is 53.7 Å². The van der Waals surface area contributed by atoms with Crippen LogP contribution < -0.4 is 0 Å². The number of rotatable bonds is 2. The summed E-state index contributed by atoms with van der Waals surface area (Å²) in [4.78, 5) is 2.45. The highest BCUT2D eigenvalue weighted by Crippen LogP contribution is 2.27. The monoisotopic (exact) mass is 241 g/mol. The molecule has 1 heterocycles. The first-order valence-electron chi connectivity index (χ1n) is 4.68. The van der Waals surface area contributed by atoms with Gasteiger partial charge in [0.15, 0.2) is 0 Å². The second kappa shape index (κ2) is 4.08. The quantitative estimate of drug-likeness (QED) is 0.768. The van der Waals surface area contributed by atoms with Crippen LogP contribution in [0.4, 0.5) is 17.6 Å². The molecular weight excluding hydrogens is 234 g/mol. The highest BCUT2D eigenvalue weighted by molar-refractivity contribution is 5.64. The molecule has 1 aromatic carbocycles. The topological polar surface area (TPSA) is 15.8 Å². The van der Waals surface area contributed by atoms with Crippen LogP contribution in [-0.4, -0.2) is 4.98 Å². The fourth-order valence-electron chi connectivity index (χ4n) is 1.53. The second-order valence-electron chi connectivity index (χ2n) is 3.39. The lowest BCUT2D eigenvalue weighted by molar-refractivity contribution is 0.547. The van der Waals surface area contributed by atoms with E-state index in [2.05, 4.69) is 11.6 Å². The molecule has 0 aliphatic carbocycles. The van der Waals surface area contributed by atoms with Crippen LogP contribution in [0.3, 0.4) is 0 Å². The van der Waals surface area contributed by atoms with Gasteiger partial charge in [0.05, 0.1) is 17.0 Å². The minimum Gasteiger partial charge on any atom is -0.352 e. The van der Waals surface area contributed by atoms with E-state index in [-0.39, 0.29) is 11.4 Å². The number of hydrogen-bond donors (Lipinski definition) is 1. The van der Waals surface area contributed by atoms with Crippen LogP contribution in [0.25, 0.3) is 17.3 Å². The third-order valence-corrected chi connectivity index (χ3v) is 2.28. The smallest absolute Gasteiger partial charge is 0.148 e. The number of aromatic nitrogens is 1. The molecule has 0 spiro atoms. The van der Waals surface area contributed by atoms with E-state index in [0.29, 0.717) is 12.1 Å². The van der Waals surface area contributed by atoms with Crippen molar-refractivity contribution in [3.8, 4) is 11.3 Å². The molecule has 0 saturated heterocycles. The van der Waals surface area contributed by atoms with E-state index in [1.165, 1.54) is 6.08 Å². The van der Waals surface area contributed by atoms with Gasteiger partial charge in [-0.05, 0) is 6.08 Å². The van der Waals surface area contributed by atoms with Crippen molar-refractivity contribution in [2.24, 2.45) is 0 Å². The summed E-state index contributed by atoms with van der Waals surface area (Å²) in [5, 5.41) is 0. The van der Waals surface area contributed by atoms with Gasteiger partial charge >= 0.3 is 0 Å². The average molecular weight is 241 g/mol. The van der Waals surface area contributed by atoms with Crippen molar-refractivity contribution < 1.29 is 17.6 Å². The summed E-state index contributed by atoms with van der Waals surface area (Å²) in [5.41, 5.74) is -0.589. The zero-order valence-corrected chi connectivity index (χ0v) is 8.53. The Balaban J connectivity index is 2.64. The molecule has 5 heteroatoms. The van der Waals surface area contributed by atoms with Gasteiger partial charge < -0.3 is 4.98 Å². The first kappa shape index (κ1) is 11.4. The van der Waals surface area contributed by atoms with Crippen LogP contribution in [0.5, 0.6) is 0 Å². The molecule has 0 saturated carbocycles. The van der Waals surface area contributed by atoms with E-state index in [1.54, 1.807) is 0 Å². The van der Waals surface area contributed by atoms with Crippen molar-refractivity contribution in [2.75, 3.05) is 0 Å². The van der Waals surface area contributed by atoms with Crippen molar-refractivity contribution in [1.82, 2.24) is 4.98 Å². The summed E-state index contributed by atoms with van der Waals surface area (Å²) in [6, 6.07) is 1.99. The second-order valence-corrected chi connectivity index (χ2v) is 3.39. The molecule has 0 unspecified atom stereocenters. The van der Waals surface area contributed by atoms with Gasteiger partial charge in [-0.3, -0.25) is 0 Å². The van der Waals surface area contributed by atoms with Gasteiger partial charge in [0.2, 0.25) is 0 Å². The van der Waals surface area contributed by atoms with Crippen molar-refractivity contribution in [2.45, 2.75) is 0 Å². The van der Waals surface area contributed by atoms with Gasteiger partial charge in [0.1, 0.15) is 23.3 Å². The maximum atomic E-state index is 13.4. The number of benzene rings is 1. The summed E-state index contributed by atoms with van der Waals surface area (Å²) in [6.45, 7) is 3.34. The van der Waals surface area contributed by atoms with E-state index in [4.69, 9.17) is 0 Å². The largest absolute Gasteiger partial charge is 0.352 e. The first-order chi connectivity index (χ1) is 8.02. The molecule has 2 aromatic rings. The van der Waals surface area contributed by atoms with Crippen LogP contribution in [0, 0.1) is 23.3 Å². The van der Waals surface area contributed by atoms with Crippen LogP contribution in [-0.2, 0) is 0 Å². The highest BCUT2D eigenvalue weighted by Gasteiger charge is 2.16. The molecule has 0 amide bonds. The highest BCUT2D eigenvalue weighted by atomic mass is 19.1. The van der Waals surface area contributed by atoms with E-state index in [9.17, 15) is 17.6 Å². The predicted molar refractivity (Wildman–Crippen MR) is 56.2 cm³/mol. The van der Waals surface area contributed by atoms with Crippen molar-refractivity contribution in [3.63, 3.8) is 0 Å². The van der Waals surface area contributed by atoms with E-state index < -0.39 is 28.8 Å². The lowest BCUT2D eigenvalue weighted by Gasteiger charge is -2.02. The van der Waals surface area contributed by atoms with Gasteiger partial charge in [-0.25, -0.2) is 17.6 Å². The van der Waals surface area contributed by atoms with Gasteiger partial charge in [0, 0.05) is 18.2 Å². The third-order valence-electron chi connectivity index (χ3n) is 2.28. The molecule has 0 atom stereocenters. The van der Waals surface area contributed by atoms with Gasteiger partial charge in [-0.15, -0.1) is 0 Å². The maximum absolute atomic E-state index is 13.4. The Kier molecular flexibility index (Phi) is 2.75. The third kappa shape index (κ3) is 1.95. The zero-order chi connectivity index (χ0) is 12.6. The SMILES string of the molecule is C=Cc1[nH]c(-c2c(F)cc(F)cc2F)cc1F. The molecular formula is C12H7F4N. The van der Waals surface area contributed by atoms with Crippen molar-refractivity contribution >= 4 is 6.08 Å². The molecule has 88 valence electrons. The Morgan fingerprint density at radius 2 is 1.53 bits per heavy atom. The van der Waals surface area contributed by atoms with Crippen LogP contribution in [0.2, 0.25) is 0 Å². The number of halogens is 4. The van der Waals surface area contributed by atoms with Crippen LogP contribution in [0.15, 0.2) is 24.8 Å². The summed E-state index contributed by atoms with van der Waals surface area (Å²) in [6.07, 6.45) is 1.18. The summed E-state index contributed by atoms with van der Waals surface area (Å²) in [7, 11) is 0. The number of H-pyrrole nitrogens is 1.